The molecule has 1 aliphatic rings. The number of nitrogens with one attached hydrogen (secondary N) is 1. The van der Waals surface area contributed by atoms with Gasteiger partial charge in [-0.05, 0) is 41.1 Å². The van der Waals surface area contributed by atoms with E-state index >= 15 is 0 Å². The second-order valence-electron chi connectivity index (χ2n) is 5.73. The Morgan fingerprint density at radius 1 is 1.28 bits per heavy atom. The first-order valence-corrected chi connectivity index (χ1v) is 8.83. The van der Waals surface area contributed by atoms with Gasteiger partial charge in [0.15, 0.2) is 0 Å². The molecular weight excluding hydrogens is 340 g/mol. The summed E-state index contributed by atoms with van der Waals surface area (Å²) in [6, 6.07) is 7.17. The number of hydrogen-bond donors (Lipinski definition) is 1. The van der Waals surface area contributed by atoms with Crippen LogP contribution >= 0.6 is 11.3 Å². The van der Waals surface area contributed by atoms with Crippen LogP contribution in [0, 0.1) is 0 Å². The summed E-state index contributed by atoms with van der Waals surface area (Å²) in [6.07, 6.45) is 0.898. The number of urea groups is 1. The summed E-state index contributed by atoms with van der Waals surface area (Å²) in [6.45, 7) is 1.69. The first-order valence-electron chi connectivity index (χ1n) is 7.95. The lowest BCUT2D eigenvalue weighted by molar-refractivity contribution is 0.0597. The Morgan fingerprint density at radius 2 is 2.12 bits per heavy atom. The van der Waals surface area contributed by atoms with Gasteiger partial charge in [0.05, 0.1) is 14.2 Å². The molecule has 0 bridgehead atoms. The molecule has 1 N–H and O–H groups in total. The second kappa shape index (κ2) is 7.57. The van der Waals surface area contributed by atoms with Crippen LogP contribution in [0.4, 0.5) is 4.79 Å². The Hall–Kier alpha value is -2.54. The monoisotopic (exact) mass is 360 g/mol. The van der Waals surface area contributed by atoms with Crippen LogP contribution in [0.5, 0.6) is 5.75 Å². The van der Waals surface area contributed by atoms with Gasteiger partial charge in [-0.15, -0.1) is 11.3 Å². The zero-order valence-electron chi connectivity index (χ0n) is 14.2. The lowest BCUT2D eigenvalue weighted by Crippen LogP contribution is -2.42. The maximum Gasteiger partial charge on any atom is 0.341 e. The summed E-state index contributed by atoms with van der Waals surface area (Å²) < 4.78 is 9.94. The zero-order chi connectivity index (χ0) is 17.8. The van der Waals surface area contributed by atoms with Crippen molar-refractivity contribution >= 4 is 23.3 Å². The van der Waals surface area contributed by atoms with Crippen LogP contribution in [0.3, 0.4) is 0 Å². The van der Waals surface area contributed by atoms with E-state index in [0.717, 1.165) is 18.5 Å². The minimum Gasteiger partial charge on any atom is -0.496 e. The molecule has 2 heterocycles. The molecule has 0 saturated carbocycles. The number of carbonyl (C=O) groups is 2. The second-order valence-corrected chi connectivity index (χ2v) is 6.73. The fourth-order valence-electron chi connectivity index (χ4n) is 2.85. The number of esters is 1. The highest BCUT2D eigenvalue weighted by Gasteiger charge is 2.21. The Labute approximate surface area is 150 Å². The van der Waals surface area contributed by atoms with E-state index in [1.165, 1.54) is 24.7 Å². The molecule has 132 valence electrons. The Kier molecular flexibility index (Phi) is 5.23. The number of nitrogens with zero attached hydrogens (tertiary/aromatic N) is 1. The van der Waals surface area contributed by atoms with Gasteiger partial charge in [-0.3, -0.25) is 0 Å². The average molecular weight is 360 g/mol. The van der Waals surface area contributed by atoms with E-state index in [1.54, 1.807) is 28.4 Å². The molecule has 1 aromatic carbocycles. The van der Waals surface area contributed by atoms with Crippen molar-refractivity contribution in [3.8, 4) is 5.75 Å². The molecule has 0 saturated heterocycles. The van der Waals surface area contributed by atoms with Crippen molar-refractivity contribution in [1.29, 1.82) is 0 Å². The van der Waals surface area contributed by atoms with Gasteiger partial charge in [0.2, 0.25) is 0 Å². The molecular formula is C18H20N2O4S. The number of thiophene rings is 1. The molecule has 3 rings (SSSR count). The summed E-state index contributed by atoms with van der Waals surface area (Å²) >= 11 is 1.75. The maximum atomic E-state index is 12.4. The quantitative estimate of drug-likeness (QED) is 0.852. The van der Waals surface area contributed by atoms with E-state index in [2.05, 4.69) is 16.8 Å². The molecule has 0 unspecified atom stereocenters. The lowest BCUT2D eigenvalue weighted by Gasteiger charge is -2.27. The first kappa shape index (κ1) is 17.3. The Morgan fingerprint density at radius 3 is 2.88 bits per heavy atom. The van der Waals surface area contributed by atoms with Crippen LogP contribution in [0.1, 0.15) is 26.4 Å². The molecule has 25 heavy (non-hydrogen) atoms. The number of hydrogen-bond acceptors (Lipinski definition) is 5. The molecule has 1 aromatic heterocycles. The van der Waals surface area contributed by atoms with E-state index < -0.39 is 5.97 Å². The van der Waals surface area contributed by atoms with Crippen LogP contribution < -0.4 is 10.1 Å². The number of ether oxygens (including phenoxy) is 2. The van der Waals surface area contributed by atoms with Gasteiger partial charge in [0.25, 0.3) is 0 Å². The third-order valence-corrected chi connectivity index (χ3v) is 5.23. The summed E-state index contributed by atoms with van der Waals surface area (Å²) in [7, 11) is 2.82. The van der Waals surface area contributed by atoms with Gasteiger partial charge in [-0.2, -0.15) is 0 Å². The average Bonchev–Trinajstić information content (AvgIpc) is 3.12. The van der Waals surface area contributed by atoms with Crippen LogP contribution in [0.25, 0.3) is 0 Å². The highest BCUT2D eigenvalue weighted by atomic mass is 32.1. The predicted octanol–water partition coefficient (Wildman–Crippen LogP) is 2.81. The molecule has 0 radical (unpaired) electrons. The lowest BCUT2D eigenvalue weighted by atomic mass is 10.1. The number of amides is 2. The van der Waals surface area contributed by atoms with Crippen LogP contribution in [0.2, 0.25) is 0 Å². The standard InChI is InChI=1S/C18H20N2O4S/c1-23-15-4-3-12(9-14(15)17(21)24-2)10-19-18(22)20-7-5-16-13(11-20)6-8-25-16/h3-4,6,8-9H,5,7,10-11H2,1-2H3,(H,19,22). The molecule has 6 nitrogen and oxygen atoms in total. The summed E-state index contributed by atoms with van der Waals surface area (Å²) in [4.78, 5) is 27.4. The third kappa shape index (κ3) is 3.76. The maximum absolute atomic E-state index is 12.4. The van der Waals surface area contributed by atoms with Crippen molar-refractivity contribution in [3.05, 3.63) is 51.2 Å². The van der Waals surface area contributed by atoms with Crippen molar-refractivity contribution < 1.29 is 19.1 Å². The highest BCUT2D eigenvalue weighted by Crippen LogP contribution is 2.24. The zero-order valence-corrected chi connectivity index (χ0v) is 15.0. The molecule has 0 aliphatic carbocycles. The van der Waals surface area contributed by atoms with Gasteiger partial charge >= 0.3 is 12.0 Å². The summed E-state index contributed by atoms with van der Waals surface area (Å²) in [5.41, 5.74) is 2.38. The van der Waals surface area contributed by atoms with Gasteiger partial charge in [-0.1, -0.05) is 6.07 Å². The molecule has 2 aromatic rings. The molecule has 2 amide bonds. The minimum absolute atomic E-state index is 0.104. The predicted molar refractivity (Wildman–Crippen MR) is 95.0 cm³/mol. The van der Waals surface area contributed by atoms with E-state index in [1.807, 2.05) is 6.07 Å². The molecule has 0 fully saturated rings. The van der Waals surface area contributed by atoms with Gasteiger partial charge in [0, 0.05) is 24.5 Å². The molecule has 0 atom stereocenters. The van der Waals surface area contributed by atoms with Gasteiger partial charge < -0.3 is 19.7 Å². The van der Waals surface area contributed by atoms with Crippen molar-refractivity contribution in [2.75, 3.05) is 20.8 Å². The Bertz CT molecular complexity index is 787. The van der Waals surface area contributed by atoms with Crippen molar-refractivity contribution in [3.63, 3.8) is 0 Å². The van der Waals surface area contributed by atoms with Crippen LogP contribution in [-0.4, -0.2) is 37.7 Å². The number of rotatable bonds is 4. The van der Waals surface area contributed by atoms with E-state index in [4.69, 9.17) is 9.47 Å². The van der Waals surface area contributed by atoms with Gasteiger partial charge in [0.1, 0.15) is 11.3 Å². The number of methoxy groups -OCH3 is 2. The van der Waals surface area contributed by atoms with E-state index in [-0.39, 0.29) is 6.03 Å². The first-order chi connectivity index (χ1) is 12.1. The van der Waals surface area contributed by atoms with Crippen molar-refractivity contribution in [2.24, 2.45) is 0 Å². The van der Waals surface area contributed by atoms with Crippen molar-refractivity contribution in [1.82, 2.24) is 10.2 Å². The number of carbonyl (C=O) groups excluding carboxylic acids is 2. The fraction of sp³-hybridized carbons (Fsp3) is 0.333. The Balaban J connectivity index is 1.63. The normalized spacial score (nSPS) is 13.1. The van der Waals surface area contributed by atoms with Gasteiger partial charge in [-0.25, -0.2) is 9.59 Å². The SMILES string of the molecule is COC(=O)c1cc(CNC(=O)N2CCc3sccc3C2)ccc1OC. The van der Waals surface area contributed by atoms with E-state index in [0.29, 0.717) is 24.4 Å². The summed E-state index contributed by atoms with van der Waals surface area (Å²) in [5, 5.41) is 4.98. The number of benzene rings is 1. The van der Waals surface area contributed by atoms with Crippen molar-refractivity contribution in [2.45, 2.75) is 19.5 Å². The summed E-state index contributed by atoms with van der Waals surface area (Å²) in [5.74, 6) is -0.0195. The van der Waals surface area contributed by atoms with Crippen LogP contribution in [-0.2, 0) is 24.2 Å². The molecule has 1 aliphatic heterocycles. The number of fused-ring (bicyclic) bond motifs is 1. The van der Waals surface area contributed by atoms with E-state index in [9.17, 15) is 9.59 Å². The molecule has 0 spiro atoms. The smallest absolute Gasteiger partial charge is 0.341 e. The minimum atomic E-state index is -0.467. The van der Waals surface area contributed by atoms with Crippen LogP contribution in [0.15, 0.2) is 29.6 Å². The topological polar surface area (TPSA) is 67.9 Å². The highest BCUT2D eigenvalue weighted by molar-refractivity contribution is 7.10. The largest absolute Gasteiger partial charge is 0.496 e. The molecule has 7 heteroatoms. The fourth-order valence-corrected chi connectivity index (χ4v) is 3.74. The third-order valence-electron chi connectivity index (χ3n) is 4.21.